The van der Waals surface area contributed by atoms with Crippen molar-refractivity contribution in [2.24, 2.45) is 5.73 Å². The Morgan fingerprint density at radius 2 is 1.62 bits per heavy atom. The van der Waals surface area contributed by atoms with Crippen molar-refractivity contribution in [3.8, 4) is 0 Å². The van der Waals surface area contributed by atoms with E-state index in [9.17, 15) is 4.79 Å². The number of amides is 1. The molecule has 1 aromatic heterocycles. The highest BCUT2D eigenvalue weighted by atomic mass is 16.1. The zero-order chi connectivity index (χ0) is 18.7. The minimum atomic E-state index is -0.456. The summed E-state index contributed by atoms with van der Waals surface area (Å²) in [6.07, 6.45) is 1.69. The predicted octanol–water partition coefficient (Wildman–Crippen LogP) is 3.99. The number of carbonyl (C=O) groups is 1. The van der Waals surface area contributed by atoms with Crippen molar-refractivity contribution >= 4 is 29.0 Å². The molecule has 0 radical (unpaired) electrons. The van der Waals surface area contributed by atoms with Crippen LogP contribution in [0.25, 0.3) is 0 Å². The van der Waals surface area contributed by atoms with Crippen LogP contribution in [-0.4, -0.2) is 15.9 Å². The molecule has 3 rings (SSSR count). The molecule has 2 aromatic carbocycles. The van der Waals surface area contributed by atoms with Gasteiger partial charge in [0.15, 0.2) is 0 Å². The summed E-state index contributed by atoms with van der Waals surface area (Å²) in [5.74, 6) is 0.707. The van der Waals surface area contributed by atoms with E-state index in [1.807, 2.05) is 6.07 Å². The Kier molecular flexibility index (Phi) is 4.84. The number of aromatic nitrogens is 2. The second kappa shape index (κ2) is 7.23. The minimum absolute atomic E-state index is 0.456. The van der Waals surface area contributed by atoms with Gasteiger partial charge in [0.05, 0.1) is 0 Å². The Morgan fingerprint density at radius 1 is 0.962 bits per heavy atom. The molecule has 0 aliphatic rings. The Labute approximate surface area is 152 Å². The fourth-order valence-corrected chi connectivity index (χ4v) is 2.84. The Hall–Kier alpha value is -3.41. The van der Waals surface area contributed by atoms with Gasteiger partial charge < -0.3 is 16.4 Å². The smallest absolute Gasteiger partial charge is 0.248 e. The summed E-state index contributed by atoms with van der Waals surface area (Å²) in [7, 11) is 0. The van der Waals surface area contributed by atoms with Crippen molar-refractivity contribution < 1.29 is 4.79 Å². The summed E-state index contributed by atoms with van der Waals surface area (Å²) >= 11 is 0. The molecule has 0 saturated heterocycles. The maximum atomic E-state index is 11.1. The van der Waals surface area contributed by atoms with Gasteiger partial charge in [0.1, 0.15) is 5.82 Å². The maximum absolute atomic E-state index is 11.1. The number of benzene rings is 2. The molecule has 0 fully saturated rings. The molecule has 26 heavy (non-hydrogen) atoms. The average molecular weight is 347 g/mol. The maximum Gasteiger partial charge on any atom is 0.248 e. The Balaban J connectivity index is 1.79. The summed E-state index contributed by atoms with van der Waals surface area (Å²) in [6, 6.07) is 12.9. The highest BCUT2D eigenvalue weighted by Crippen LogP contribution is 2.25. The van der Waals surface area contributed by atoms with E-state index in [0.717, 1.165) is 22.5 Å². The summed E-state index contributed by atoms with van der Waals surface area (Å²) in [5.41, 5.74) is 11.1. The molecule has 1 heterocycles. The monoisotopic (exact) mass is 347 g/mol. The van der Waals surface area contributed by atoms with Crippen LogP contribution < -0.4 is 16.4 Å². The first kappa shape index (κ1) is 17.4. The number of hydrogen-bond acceptors (Lipinski definition) is 5. The lowest BCUT2D eigenvalue weighted by Gasteiger charge is -2.14. The second-order valence-corrected chi connectivity index (χ2v) is 6.23. The molecule has 3 aromatic rings. The number of primary amides is 1. The van der Waals surface area contributed by atoms with E-state index < -0.39 is 5.91 Å². The zero-order valence-corrected chi connectivity index (χ0v) is 15.0. The van der Waals surface area contributed by atoms with Gasteiger partial charge in [-0.1, -0.05) is 17.7 Å². The first-order valence-electron chi connectivity index (χ1n) is 8.27. The van der Waals surface area contributed by atoms with E-state index in [1.54, 1.807) is 30.5 Å². The summed E-state index contributed by atoms with van der Waals surface area (Å²) < 4.78 is 0. The third-order valence-electron chi connectivity index (χ3n) is 4.01. The molecule has 0 spiro atoms. The van der Waals surface area contributed by atoms with Crippen LogP contribution in [0, 0.1) is 20.8 Å². The van der Waals surface area contributed by atoms with Crippen LogP contribution in [-0.2, 0) is 0 Å². The molecular formula is C20H21N5O. The van der Waals surface area contributed by atoms with E-state index >= 15 is 0 Å². The van der Waals surface area contributed by atoms with E-state index in [1.165, 1.54) is 5.56 Å². The van der Waals surface area contributed by atoms with Crippen LogP contribution in [0.5, 0.6) is 0 Å². The van der Waals surface area contributed by atoms with Crippen molar-refractivity contribution in [3.63, 3.8) is 0 Å². The van der Waals surface area contributed by atoms with Gasteiger partial charge in [-0.2, -0.15) is 4.98 Å². The van der Waals surface area contributed by atoms with Crippen molar-refractivity contribution in [1.29, 1.82) is 0 Å². The molecule has 0 aliphatic heterocycles. The van der Waals surface area contributed by atoms with Crippen LogP contribution >= 0.6 is 0 Å². The molecule has 6 heteroatoms. The van der Waals surface area contributed by atoms with Gasteiger partial charge in [-0.15, -0.1) is 0 Å². The number of aryl methyl sites for hydroxylation is 3. The highest BCUT2D eigenvalue weighted by Gasteiger charge is 2.07. The number of anilines is 4. The van der Waals surface area contributed by atoms with Gasteiger partial charge in [-0.25, -0.2) is 4.98 Å². The van der Waals surface area contributed by atoms with Crippen LogP contribution in [0.2, 0.25) is 0 Å². The number of rotatable bonds is 5. The van der Waals surface area contributed by atoms with Gasteiger partial charge in [-0.3, -0.25) is 4.79 Å². The summed E-state index contributed by atoms with van der Waals surface area (Å²) in [6.45, 7) is 6.23. The third-order valence-corrected chi connectivity index (χ3v) is 4.01. The van der Waals surface area contributed by atoms with E-state index in [2.05, 4.69) is 53.5 Å². The lowest BCUT2D eigenvalue weighted by Crippen LogP contribution is -2.10. The topological polar surface area (TPSA) is 92.9 Å². The summed E-state index contributed by atoms with van der Waals surface area (Å²) in [5, 5.41) is 6.49. The number of nitrogens with zero attached hydrogens (tertiary/aromatic N) is 2. The average Bonchev–Trinajstić information content (AvgIpc) is 2.59. The quantitative estimate of drug-likeness (QED) is 0.649. The summed E-state index contributed by atoms with van der Waals surface area (Å²) in [4.78, 5) is 19.9. The highest BCUT2D eigenvalue weighted by molar-refractivity contribution is 5.93. The SMILES string of the molecule is Cc1cc(C)c(Nc2ccnc(Nc3ccc(C(N)=O)cc3)n2)c(C)c1. The second-order valence-electron chi connectivity index (χ2n) is 6.23. The van der Waals surface area contributed by atoms with Gasteiger partial charge in [0.2, 0.25) is 11.9 Å². The van der Waals surface area contributed by atoms with E-state index in [0.29, 0.717) is 17.3 Å². The first-order valence-corrected chi connectivity index (χ1v) is 8.27. The lowest BCUT2D eigenvalue weighted by atomic mass is 10.1. The number of nitrogens with one attached hydrogen (secondary N) is 2. The van der Waals surface area contributed by atoms with Gasteiger partial charge in [0.25, 0.3) is 0 Å². The molecule has 0 unspecified atom stereocenters. The molecular weight excluding hydrogens is 326 g/mol. The van der Waals surface area contributed by atoms with Crippen LogP contribution in [0.15, 0.2) is 48.7 Å². The van der Waals surface area contributed by atoms with Gasteiger partial charge in [-0.05, 0) is 62.2 Å². The standard InChI is InChI=1S/C20H21N5O/c1-12-10-13(2)18(14(3)11-12)24-17-8-9-22-20(25-17)23-16-6-4-15(5-7-16)19(21)26/h4-11H,1-3H3,(H2,21,26)(H2,22,23,24,25). The Morgan fingerprint density at radius 3 is 2.23 bits per heavy atom. The molecule has 0 aliphatic carbocycles. The molecule has 4 N–H and O–H groups in total. The van der Waals surface area contributed by atoms with Crippen LogP contribution in [0.4, 0.5) is 23.1 Å². The van der Waals surface area contributed by atoms with E-state index in [-0.39, 0.29) is 0 Å². The minimum Gasteiger partial charge on any atom is -0.366 e. The Bertz CT molecular complexity index is 928. The number of nitrogens with two attached hydrogens (primary N) is 1. The zero-order valence-electron chi connectivity index (χ0n) is 15.0. The van der Waals surface area contributed by atoms with Crippen LogP contribution in [0.1, 0.15) is 27.0 Å². The predicted molar refractivity (Wildman–Crippen MR) is 104 cm³/mol. The third kappa shape index (κ3) is 3.97. The largest absolute Gasteiger partial charge is 0.366 e. The lowest BCUT2D eigenvalue weighted by molar-refractivity contribution is 0.100. The van der Waals surface area contributed by atoms with E-state index in [4.69, 9.17) is 5.73 Å². The van der Waals surface area contributed by atoms with Gasteiger partial charge >= 0.3 is 0 Å². The number of carbonyl (C=O) groups excluding carboxylic acids is 1. The van der Waals surface area contributed by atoms with Crippen molar-refractivity contribution in [3.05, 3.63) is 70.9 Å². The van der Waals surface area contributed by atoms with Crippen molar-refractivity contribution in [2.45, 2.75) is 20.8 Å². The fourth-order valence-electron chi connectivity index (χ4n) is 2.84. The molecule has 132 valence electrons. The fraction of sp³-hybridized carbons (Fsp3) is 0.150. The van der Waals surface area contributed by atoms with Crippen LogP contribution in [0.3, 0.4) is 0 Å². The molecule has 1 amide bonds. The van der Waals surface area contributed by atoms with Crippen molar-refractivity contribution in [1.82, 2.24) is 9.97 Å². The normalized spacial score (nSPS) is 10.4. The molecule has 6 nitrogen and oxygen atoms in total. The van der Waals surface area contributed by atoms with Gasteiger partial charge in [0, 0.05) is 23.1 Å². The number of hydrogen-bond donors (Lipinski definition) is 3. The molecule has 0 bridgehead atoms. The first-order chi connectivity index (χ1) is 12.4. The molecule has 0 saturated carbocycles. The van der Waals surface area contributed by atoms with Crippen molar-refractivity contribution in [2.75, 3.05) is 10.6 Å². The molecule has 0 atom stereocenters.